The van der Waals surface area contributed by atoms with Crippen molar-refractivity contribution in [3.63, 3.8) is 0 Å². The first-order chi connectivity index (χ1) is 10.3. The van der Waals surface area contributed by atoms with Crippen LogP contribution in [0.1, 0.15) is 36.9 Å². The zero-order valence-electron chi connectivity index (χ0n) is 13.4. The van der Waals surface area contributed by atoms with E-state index >= 15 is 0 Å². The third kappa shape index (κ3) is 8.67. The summed E-state index contributed by atoms with van der Waals surface area (Å²) >= 11 is 1.70. The maximum absolute atomic E-state index is 5.04. The summed E-state index contributed by atoms with van der Waals surface area (Å²) in [5.41, 5.74) is 1.15. The van der Waals surface area contributed by atoms with E-state index in [1.54, 1.807) is 18.4 Å². The van der Waals surface area contributed by atoms with E-state index in [1.165, 1.54) is 0 Å². The number of aryl methyl sites for hydroxylation is 1. The minimum absolute atomic E-state index is 0.842. The molecule has 0 bridgehead atoms. The second kappa shape index (κ2) is 11.5. The minimum atomic E-state index is 0.842. The van der Waals surface area contributed by atoms with Crippen LogP contribution in [-0.4, -0.2) is 44.3 Å². The summed E-state index contributed by atoms with van der Waals surface area (Å²) < 4.78 is 5.04. The van der Waals surface area contributed by atoms with Crippen LogP contribution < -0.4 is 10.6 Å². The summed E-state index contributed by atoms with van der Waals surface area (Å²) in [5, 5.41) is 9.88. The Hall–Kier alpha value is -1.14. The van der Waals surface area contributed by atoms with E-state index in [9.17, 15) is 0 Å². The van der Waals surface area contributed by atoms with E-state index in [1.807, 2.05) is 6.92 Å². The van der Waals surface area contributed by atoms with Crippen molar-refractivity contribution in [1.82, 2.24) is 15.6 Å². The summed E-state index contributed by atoms with van der Waals surface area (Å²) in [4.78, 5) is 9.05. The monoisotopic (exact) mass is 312 g/mol. The lowest BCUT2D eigenvalue weighted by Gasteiger charge is -2.10. The third-order valence-corrected chi connectivity index (χ3v) is 3.78. The molecule has 0 aliphatic heterocycles. The molecule has 1 heterocycles. The molecule has 0 amide bonds. The molecule has 1 aromatic heterocycles. The van der Waals surface area contributed by atoms with Gasteiger partial charge in [0.15, 0.2) is 5.96 Å². The van der Waals surface area contributed by atoms with Crippen molar-refractivity contribution in [3.05, 3.63) is 16.1 Å². The Labute approximate surface area is 132 Å². The quantitative estimate of drug-likeness (QED) is 0.396. The largest absolute Gasteiger partial charge is 0.385 e. The number of hydrogen-bond donors (Lipinski definition) is 2. The first kappa shape index (κ1) is 17.9. The van der Waals surface area contributed by atoms with Gasteiger partial charge in [-0.25, -0.2) is 4.98 Å². The van der Waals surface area contributed by atoms with Crippen LogP contribution in [0.25, 0.3) is 0 Å². The van der Waals surface area contributed by atoms with Gasteiger partial charge >= 0.3 is 0 Å². The van der Waals surface area contributed by atoms with E-state index in [4.69, 9.17) is 4.74 Å². The lowest BCUT2D eigenvalue weighted by molar-refractivity contribution is 0.192. The van der Waals surface area contributed by atoms with Crippen LogP contribution in [0, 0.1) is 6.92 Å². The van der Waals surface area contributed by atoms with Gasteiger partial charge in [-0.1, -0.05) is 0 Å². The van der Waals surface area contributed by atoms with E-state index in [-0.39, 0.29) is 0 Å². The van der Waals surface area contributed by atoms with Gasteiger partial charge < -0.3 is 15.4 Å². The number of guanidine groups is 1. The van der Waals surface area contributed by atoms with Crippen molar-refractivity contribution in [2.75, 3.05) is 33.4 Å². The van der Waals surface area contributed by atoms with Crippen LogP contribution >= 0.6 is 11.3 Å². The molecule has 0 saturated heterocycles. The Kier molecular flexibility index (Phi) is 9.82. The van der Waals surface area contributed by atoms with Crippen molar-refractivity contribution in [2.45, 2.75) is 39.5 Å². The summed E-state index contributed by atoms with van der Waals surface area (Å²) in [6, 6.07) is 0. The average molecular weight is 312 g/mol. The third-order valence-electron chi connectivity index (χ3n) is 2.96. The first-order valence-corrected chi connectivity index (χ1v) is 8.56. The highest BCUT2D eigenvalue weighted by atomic mass is 32.1. The predicted octanol–water partition coefficient (Wildman–Crippen LogP) is 2.37. The number of nitrogens with one attached hydrogen (secondary N) is 2. The van der Waals surface area contributed by atoms with Crippen molar-refractivity contribution in [3.8, 4) is 0 Å². The molecule has 0 aliphatic carbocycles. The van der Waals surface area contributed by atoms with Crippen molar-refractivity contribution >= 4 is 17.3 Å². The number of aromatic nitrogens is 1. The molecule has 6 heteroatoms. The van der Waals surface area contributed by atoms with Crippen molar-refractivity contribution in [1.29, 1.82) is 0 Å². The summed E-state index contributed by atoms with van der Waals surface area (Å²) in [7, 11) is 1.75. The van der Waals surface area contributed by atoms with Gasteiger partial charge in [-0.2, -0.15) is 0 Å². The second-order valence-electron chi connectivity index (χ2n) is 4.85. The molecule has 0 unspecified atom stereocenters. The van der Waals surface area contributed by atoms with Crippen molar-refractivity contribution in [2.24, 2.45) is 4.99 Å². The molecule has 120 valence electrons. The molecule has 1 aromatic rings. The Balaban J connectivity index is 2.21. The second-order valence-corrected chi connectivity index (χ2v) is 5.91. The normalized spacial score (nSPS) is 11.7. The number of hydrogen-bond acceptors (Lipinski definition) is 4. The molecule has 0 aliphatic rings. The van der Waals surface area contributed by atoms with E-state index in [0.29, 0.717) is 0 Å². The van der Waals surface area contributed by atoms with Crippen LogP contribution in [0.4, 0.5) is 0 Å². The van der Waals surface area contributed by atoms with Gasteiger partial charge in [0, 0.05) is 45.2 Å². The Morgan fingerprint density at radius 3 is 2.86 bits per heavy atom. The lowest BCUT2D eigenvalue weighted by Crippen LogP contribution is -2.38. The molecule has 2 N–H and O–H groups in total. The van der Waals surface area contributed by atoms with Crippen LogP contribution in [0.2, 0.25) is 0 Å². The maximum Gasteiger partial charge on any atom is 0.191 e. The maximum atomic E-state index is 5.04. The molecular weight excluding hydrogens is 284 g/mol. The molecule has 0 radical (unpaired) electrons. The fraction of sp³-hybridized carbons (Fsp3) is 0.733. The number of methoxy groups -OCH3 is 1. The van der Waals surface area contributed by atoms with Gasteiger partial charge in [-0.05, 0) is 33.1 Å². The zero-order chi connectivity index (χ0) is 15.3. The number of ether oxygens (including phenoxy) is 1. The van der Waals surface area contributed by atoms with Gasteiger partial charge in [0.1, 0.15) is 0 Å². The van der Waals surface area contributed by atoms with Gasteiger partial charge in [0.25, 0.3) is 0 Å². The molecule has 5 nitrogen and oxygen atoms in total. The van der Waals surface area contributed by atoms with E-state index < -0.39 is 0 Å². The predicted molar refractivity (Wildman–Crippen MR) is 90.3 cm³/mol. The topological polar surface area (TPSA) is 58.5 Å². The number of aliphatic imine (C=N–C) groups is 1. The Morgan fingerprint density at radius 1 is 1.33 bits per heavy atom. The molecule has 0 saturated carbocycles. The molecular formula is C15H28N4OS. The van der Waals surface area contributed by atoms with Crippen LogP contribution in [0.5, 0.6) is 0 Å². The molecule has 1 rings (SSSR count). The summed E-state index contributed by atoms with van der Waals surface area (Å²) in [6.07, 6.45) is 4.31. The van der Waals surface area contributed by atoms with Crippen molar-refractivity contribution < 1.29 is 4.74 Å². The summed E-state index contributed by atoms with van der Waals surface area (Å²) in [6.45, 7) is 7.56. The number of nitrogens with zero attached hydrogens (tertiary/aromatic N) is 2. The molecule has 0 aromatic carbocycles. The highest BCUT2D eigenvalue weighted by molar-refractivity contribution is 7.09. The molecule has 0 atom stereocenters. The smallest absolute Gasteiger partial charge is 0.191 e. The zero-order valence-corrected chi connectivity index (χ0v) is 14.3. The average Bonchev–Trinajstić information content (AvgIpc) is 2.88. The minimum Gasteiger partial charge on any atom is -0.385 e. The highest BCUT2D eigenvalue weighted by Crippen LogP contribution is 2.07. The van der Waals surface area contributed by atoms with Crippen LogP contribution in [0.3, 0.4) is 0 Å². The first-order valence-electron chi connectivity index (χ1n) is 7.68. The van der Waals surface area contributed by atoms with Gasteiger partial charge in [0.05, 0.1) is 10.7 Å². The highest BCUT2D eigenvalue weighted by Gasteiger charge is 2.00. The van der Waals surface area contributed by atoms with E-state index in [0.717, 1.165) is 68.6 Å². The van der Waals surface area contributed by atoms with Crippen LogP contribution in [-0.2, 0) is 11.2 Å². The Morgan fingerprint density at radius 2 is 2.19 bits per heavy atom. The number of unbranched alkanes of at least 4 members (excludes halogenated alkanes) is 2. The fourth-order valence-electron chi connectivity index (χ4n) is 1.90. The van der Waals surface area contributed by atoms with E-state index in [2.05, 4.69) is 32.9 Å². The standard InChI is InChI=1S/C15H28N4OS/c1-4-16-15(17-9-6-5-7-11-20-3)18-10-8-14-12-21-13(2)19-14/h12H,4-11H2,1-3H3,(H2,16,17,18). The molecule has 0 fully saturated rings. The number of thiazole rings is 1. The van der Waals surface area contributed by atoms with Gasteiger partial charge in [0.2, 0.25) is 0 Å². The summed E-state index contributed by atoms with van der Waals surface area (Å²) in [5.74, 6) is 0.899. The molecule has 0 spiro atoms. The van der Waals surface area contributed by atoms with Gasteiger partial charge in [-0.3, -0.25) is 4.99 Å². The SMILES string of the molecule is CCNC(=NCCCCCOC)NCCc1csc(C)n1. The Bertz CT molecular complexity index is 406. The number of rotatable bonds is 10. The van der Waals surface area contributed by atoms with Gasteiger partial charge in [-0.15, -0.1) is 11.3 Å². The lowest BCUT2D eigenvalue weighted by atomic mass is 10.2. The fourth-order valence-corrected chi connectivity index (χ4v) is 2.55. The van der Waals surface area contributed by atoms with Crippen LogP contribution in [0.15, 0.2) is 10.4 Å². The molecule has 21 heavy (non-hydrogen) atoms.